The van der Waals surface area contributed by atoms with E-state index in [1.807, 2.05) is 42.5 Å². The Bertz CT molecular complexity index is 3240. The number of thiophene rings is 1. The maximum Gasteiger partial charge on any atom is 0.167 e. The van der Waals surface area contributed by atoms with Crippen molar-refractivity contribution in [3.05, 3.63) is 188 Å². The van der Waals surface area contributed by atoms with Gasteiger partial charge in [-0.2, -0.15) is 0 Å². The Morgan fingerprint density at radius 3 is 1.48 bits per heavy atom. The van der Waals surface area contributed by atoms with E-state index in [0.717, 1.165) is 54.5 Å². The minimum absolute atomic E-state index is 0.565. The highest BCUT2D eigenvalue weighted by molar-refractivity contribution is 7.26. The fraction of sp³-hybridized carbons (Fsp3) is 0. The summed E-state index contributed by atoms with van der Waals surface area (Å²) in [4.78, 5) is 15.6. The SMILES string of the molecule is c1ccc(-c2nc(-c3cccc4c3oc3cccc(-c5ccccc5)c34)nc(-c3cccc4c3sc3c(-c5ccccc5-c5ccccc5)cccc34)n2)cc1. The molecule has 3 heterocycles. The molecular weight excluding hydrogens is 703 g/mol. The lowest BCUT2D eigenvalue weighted by atomic mass is 9.94. The van der Waals surface area contributed by atoms with Gasteiger partial charge >= 0.3 is 0 Å². The zero-order chi connectivity index (χ0) is 37.0. The second kappa shape index (κ2) is 13.3. The molecule has 0 spiro atoms. The predicted molar refractivity (Wildman–Crippen MR) is 233 cm³/mol. The van der Waals surface area contributed by atoms with Crippen LogP contribution in [-0.2, 0) is 0 Å². The van der Waals surface area contributed by atoms with Crippen molar-refractivity contribution in [2.45, 2.75) is 0 Å². The maximum absolute atomic E-state index is 6.70. The van der Waals surface area contributed by atoms with Crippen molar-refractivity contribution in [2.24, 2.45) is 0 Å². The predicted octanol–water partition coefficient (Wildman–Crippen LogP) is 14.1. The monoisotopic (exact) mass is 733 g/mol. The van der Waals surface area contributed by atoms with Crippen molar-refractivity contribution < 1.29 is 4.42 Å². The van der Waals surface area contributed by atoms with Crippen LogP contribution in [0.25, 0.3) is 110 Å². The molecule has 0 amide bonds. The first-order chi connectivity index (χ1) is 27.8. The molecule has 0 N–H and O–H groups in total. The lowest BCUT2D eigenvalue weighted by Crippen LogP contribution is -2.00. The first kappa shape index (κ1) is 32.2. The summed E-state index contributed by atoms with van der Waals surface area (Å²) in [5, 5.41) is 4.49. The molecule has 8 aromatic carbocycles. The third-order valence-corrected chi connectivity index (χ3v) is 11.9. The molecule has 0 aliphatic heterocycles. The quantitative estimate of drug-likeness (QED) is 0.171. The van der Waals surface area contributed by atoms with Crippen LogP contribution in [0.1, 0.15) is 0 Å². The normalized spacial score (nSPS) is 11.6. The molecule has 0 bridgehead atoms. The Morgan fingerprint density at radius 2 is 0.786 bits per heavy atom. The fourth-order valence-corrected chi connectivity index (χ4v) is 9.35. The summed E-state index contributed by atoms with van der Waals surface area (Å²) in [5.41, 5.74) is 11.4. The van der Waals surface area contributed by atoms with Gasteiger partial charge in [0.1, 0.15) is 11.2 Å². The van der Waals surface area contributed by atoms with Crippen LogP contribution < -0.4 is 0 Å². The molecule has 5 heteroatoms. The van der Waals surface area contributed by atoms with Gasteiger partial charge < -0.3 is 4.42 Å². The van der Waals surface area contributed by atoms with E-state index in [1.165, 1.54) is 37.7 Å². The number of benzene rings is 8. The average Bonchev–Trinajstić information content (AvgIpc) is 3.86. The van der Waals surface area contributed by atoms with E-state index in [0.29, 0.717) is 17.5 Å². The highest BCUT2D eigenvalue weighted by Crippen LogP contribution is 2.46. The summed E-state index contributed by atoms with van der Waals surface area (Å²) < 4.78 is 9.07. The first-order valence-electron chi connectivity index (χ1n) is 18.7. The summed E-state index contributed by atoms with van der Waals surface area (Å²) in [6, 6.07) is 65.5. The lowest BCUT2D eigenvalue weighted by molar-refractivity contribution is 0.669. The molecular formula is C51H31N3OS. The van der Waals surface area contributed by atoms with Crippen LogP contribution in [0.4, 0.5) is 0 Å². The summed E-state index contributed by atoms with van der Waals surface area (Å²) in [7, 11) is 0. The Balaban J connectivity index is 1.13. The highest BCUT2D eigenvalue weighted by Gasteiger charge is 2.22. The summed E-state index contributed by atoms with van der Waals surface area (Å²) >= 11 is 1.80. The number of para-hydroxylation sites is 1. The Hall–Kier alpha value is -7.21. The van der Waals surface area contributed by atoms with Crippen LogP contribution in [0.5, 0.6) is 0 Å². The van der Waals surface area contributed by atoms with Crippen molar-refractivity contribution in [3.63, 3.8) is 0 Å². The van der Waals surface area contributed by atoms with Crippen molar-refractivity contribution in [1.82, 2.24) is 15.0 Å². The Morgan fingerprint density at radius 1 is 0.321 bits per heavy atom. The molecule has 0 unspecified atom stereocenters. The van der Waals surface area contributed by atoms with Gasteiger partial charge in [0.25, 0.3) is 0 Å². The third-order valence-electron chi connectivity index (χ3n) is 10.6. The van der Waals surface area contributed by atoms with E-state index in [2.05, 4.69) is 146 Å². The maximum atomic E-state index is 6.70. The largest absolute Gasteiger partial charge is 0.455 e. The van der Waals surface area contributed by atoms with Crippen molar-refractivity contribution in [1.29, 1.82) is 0 Å². The van der Waals surface area contributed by atoms with E-state index in [-0.39, 0.29) is 0 Å². The number of fused-ring (bicyclic) bond motifs is 6. The van der Waals surface area contributed by atoms with Crippen LogP contribution in [-0.4, -0.2) is 15.0 Å². The van der Waals surface area contributed by atoms with Gasteiger partial charge in [-0.1, -0.05) is 170 Å². The minimum Gasteiger partial charge on any atom is -0.455 e. The van der Waals surface area contributed by atoms with Gasteiger partial charge in [-0.15, -0.1) is 11.3 Å². The van der Waals surface area contributed by atoms with E-state index < -0.39 is 0 Å². The van der Waals surface area contributed by atoms with E-state index in [1.54, 1.807) is 11.3 Å². The Labute approximate surface area is 327 Å². The molecule has 0 radical (unpaired) electrons. The van der Waals surface area contributed by atoms with E-state index in [4.69, 9.17) is 19.4 Å². The Kier molecular flexibility index (Phi) is 7.64. The number of hydrogen-bond donors (Lipinski definition) is 0. The molecule has 0 saturated carbocycles. The number of rotatable bonds is 6. The summed E-state index contributed by atoms with van der Waals surface area (Å²) in [5.74, 6) is 1.80. The molecule has 56 heavy (non-hydrogen) atoms. The zero-order valence-electron chi connectivity index (χ0n) is 30.1. The average molecular weight is 734 g/mol. The second-order valence-electron chi connectivity index (χ2n) is 13.9. The number of aromatic nitrogens is 3. The zero-order valence-corrected chi connectivity index (χ0v) is 30.9. The van der Waals surface area contributed by atoms with Gasteiger partial charge in [0.2, 0.25) is 0 Å². The van der Waals surface area contributed by atoms with Crippen LogP contribution in [0, 0.1) is 0 Å². The first-order valence-corrected chi connectivity index (χ1v) is 19.5. The molecule has 11 aromatic rings. The standard InChI is InChI=1S/C51H31N3OS/c1-4-16-32(17-5-1)35-22-10-11-23-37(35)38-25-12-26-39-40-27-13-30-43(48(40)56-47(38)39)51-53-49(34-20-8-3-9-21-34)52-50(54-51)42-29-14-28-41-45-36(33-18-6-2-7-19-33)24-15-31-44(45)55-46(41)42/h1-31H. The van der Waals surface area contributed by atoms with Crippen molar-refractivity contribution >= 4 is 53.4 Å². The molecule has 0 aliphatic carbocycles. The molecule has 3 aromatic heterocycles. The number of furan rings is 1. The number of nitrogens with zero attached hydrogens (tertiary/aromatic N) is 3. The van der Waals surface area contributed by atoms with Crippen LogP contribution in [0.3, 0.4) is 0 Å². The minimum atomic E-state index is 0.565. The smallest absolute Gasteiger partial charge is 0.167 e. The summed E-state index contributed by atoms with van der Waals surface area (Å²) in [6.07, 6.45) is 0. The van der Waals surface area contributed by atoms with E-state index >= 15 is 0 Å². The van der Waals surface area contributed by atoms with E-state index in [9.17, 15) is 0 Å². The van der Waals surface area contributed by atoms with Crippen LogP contribution in [0.2, 0.25) is 0 Å². The van der Waals surface area contributed by atoms with Crippen molar-refractivity contribution in [2.75, 3.05) is 0 Å². The van der Waals surface area contributed by atoms with Crippen LogP contribution in [0.15, 0.2) is 192 Å². The van der Waals surface area contributed by atoms with Gasteiger partial charge in [-0.3, -0.25) is 0 Å². The molecule has 11 rings (SSSR count). The molecule has 0 atom stereocenters. The van der Waals surface area contributed by atoms with Gasteiger partial charge in [-0.05, 0) is 46.0 Å². The molecule has 0 fully saturated rings. The van der Waals surface area contributed by atoms with Gasteiger partial charge in [0.05, 0.1) is 5.56 Å². The van der Waals surface area contributed by atoms with Crippen LogP contribution >= 0.6 is 11.3 Å². The fourth-order valence-electron chi connectivity index (χ4n) is 8.01. The topological polar surface area (TPSA) is 51.8 Å². The van der Waals surface area contributed by atoms with Gasteiger partial charge in [0, 0.05) is 47.6 Å². The van der Waals surface area contributed by atoms with Gasteiger partial charge in [0.15, 0.2) is 17.5 Å². The number of hydrogen-bond acceptors (Lipinski definition) is 5. The molecule has 0 aliphatic rings. The van der Waals surface area contributed by atoms with Crippen molar-refractivity contribution in [3.8, 4) is 67.5 Å². The second-order valence-corrected chi connectivity index (χ2v) is 14.9. The molecule has 262 valence electrons. The summed E-state index contributed by atoms with van der Waals surface area (Å²) in [6.45, 7) is 0. The molecule has 4 nitrogen and oxygen atoms in total. The molecule has 0 saturated heterocycles. The van der Waals surface area contributed by atoms with Gasteiger partial charge in [-0.25, -0.2) is 15.0 Å². The highest BCUT2D eigenvalue weighted by atomic mass is 32.1. The lowest BCUT2D eigenvalue weighted by Gasteiger charge is -2.11. The third kappa shape index (κ3) is 5.32.